The minimum absolute atomic E-state index is 0.162. The molecule has 6 nitrogen and oxygen atoms in total. The summed E-state index contributed by atoms with van der Waals surface area (Å²) in [5.41, 5.74) is 3.89. The summed E-state index contributed by atoms with van der Waals surface area (Å²) in [7, 11) is 0. The van der Waals surface area contributed by atoms with Crippen molar-refractivity contribution in [2.24, 2.45) is 0 Å². The number of rotatable bonds is 2. The number of nitrogen functional groups attached to an aromatic ring is 1. The van der Waals surface area contributed by atoms with Gasteiger partial charge >= 0.3 is 5.97 Å². The maximum atomic E-state index is 10.6. The number of hydrogen-bond acceptors (Lipinski definition) is 5. The lowest BCUT2D eigenvalue weighted by atomic mass is 10.1. The number of nitrogens with two attached hydrogens (primary N) is 1. The van der Waals surface area contributed by atoms with Crippen LogP contribution in [0.15, 0.2) is 6.20 Å². The Morgan fingerprint density at radius 2 is 2.14 bits per heavy atom. The van der Waals surface area contributed by atoms with Crippen LogP contribution in [0.2, 0.25) is 0 Å². The Balaban J connectivity index is 3.27. The average molecular weight is 197 g/mol. The van der Waals surface area contributed by atoms with Crippen LogP contribution in [0.1, 0.15) is 30.0 Å². The van der Waals surface area contributed by atoms with Crippen molar-refractivity contribution in [3.63, 3.8) is 0 Å². The largest absolute Gasteiger partial charge is 0.476 e. The van der Waals surface area contributed by atoms with E-state index in [4.69, 9.17) is 10.8 Å². The normalized spacial score (nSPS) is 11.4. The van der Waals surface area contributed by atoms with Gasteiger partial charge in [0.2, 0.25) is 0 Å². The molecule has 0 amide bonds. The summed E-state index contributed by atoms with van der Waals surface area (Å²) in [6.07, 6.45) is 1.25. The van der Waals surface area contributed by atoms with Gasteiger partial charge < -0.3 is 15.9 Å². The molecule has 0 bridgehead atoms. The molecule has 14 heavy (non-hydrogen) atoms. The number of carbonyl (C=O) groups is 1. The van der Waals surface area contributed by atoms with E-state index in [1.54, 1.807) is 0 Å². The summed E-state index contributed by atoms with van der Waals surface area (Å²) >= 11 is 0. The van der Waals surface area contributed by atoms with Crippen LogP contribution >= 0.6 is 0 Å². The van der Waals surface area contributed by atoms with Gasteiger partial charge in [0.25, 0.3) is 0 Å². The molecule has 76 valence electrons. The van der Waals surface area contributed by atoms with E-state index in [0.717, 1.165) is 0 Å². The lowest BCUT2D eigenvalue weighted by Crippen LogP contribution is -2.20. The molecule has 1 rings (SSSR count). The Labute approximate surface area is 80.4 Å². The van der Waals surface area contributed by atoms with Crippen molar-refractivity contribution in [3.8, 4) is 0 Å². The molecule has 6 heteroatoms. The number of carboxylic acids is 1. The second-order valence-corrected chi connectivity index (χ2v) is 3.35. The van der Waals surface area contributed by atoms with Crippen LogP contribution in [-0.4, -0.2) is 26.2 Å². The third-order valence-electron chi connectivity index (χ3n) is 1.63. The van der Waals surface area contributed by atoms with Crippen LogP contribution in [-0.2, 0) is 5.60 Å². The zero-order chi connectivity index (χ0) is 10.9. The molecular weight excluding hydrogens is 186 g/mol. The van der Waals surface area contributed by atoms with Crippen molar-refractivity contribution in [1.29, 1.82) is 0 Å². The van der Waals surface area contributed by atoms with Crippen molar-refractivity contribution < 1.29 is 15.0 Å². The number of aliphatic hydroxyl groups is 1. The molecular formula is C8H11N3O3. The Kier molecular flexibility index (Phi) is 2.39. The first-order valence-electron chi connectivity index (χ1n) is 3.91. The predicted octanol–water partition coefficient (Wildman–Crippen LogP) is -0.0156. The summed E-state index contributed by atoms with van der Waals surface area (Å²) in [6, 6.07) is 0. The Hall–Kier alpha value is -1.69. The molecule has 4 N–H and O–H groups in total. The molecule has 0 spiro atoms. The van der Waals surface area contributed by atoms with Crippen molar-refractivity contribution in [2.45, 2.75) is 19.4 Å². The van der Waals surface area contributed by atoms with E-state index in [9.17, 15) is 9.90 Å². The first-order chi connectivity index (χ1) is 6.32. The predicted molar refractivity (Wildman–Crippen MR) is 48.6 cm³/mol. The Morgan fingerprint density at radius 3 is 2.57 bits per heavy atom. The topological polar surface area (TPSA) is 109 Å². The summed E-state index contributed by atoms with van der Waals surface area (Å²) in [5, 5.41) is 18.2. The van der Waals surface area contributed by atoms with Gasteiger partial charge in [-0.25, -0.2) is 14.8 Å². The van der Waals surface area contributed by atoms with Crippen LogP contribution in [0.5, 0.6) is 0 Å². The fraction of sp³-hybridized carbons (Fsp3) is 0.375. The molecule has 0 aliphatic heterocycles. The van der Waals surface area contributed by atoms with E-state index < -0.39 is 11.6 Å². The fourth-order valence-electron chi connectivity index (χ4n) is 0.851. The zero-order valence-corrected chi connectivity index (χ0v) is 7.85. The molecule has 1 aromatic rings. The van der Waals surface area contributed by atoms with E-state index in [-0.39, 0.29) is 17.2 Å². The van der Waals surface area contributed by atoms with Crippen LogP contribution in [0.25, 0.3) is 0 Å². The first-order valence-corrected chi connectivity index (χ1v) is 3.91. The molecule has 0 saturated heterocycles. The number of carboxylic acid groups (broad SMARTS) is 1. The minimum Gasteiger partial charge on any atom is -0.476 e. The third-order valence-corrected chi connectivity index (χ3v) is 1.63. The number of anilines is 1. The van der Waals surface area contributed by atoms with E-state index in [1.807, 2.05) is 0 Å². The maximum Gasteiger partial charge on any atom is 0.358 e. The summed E-state index contributed by atoms with van der Waals surface area (Å²) < 4.78 is 0. The van der Waals surface area contributed by atoms with Crippen LogP contribution in [0.4, 0.5) is 5.82 Å². The van der Waals surface area contributed by atoms with E-state index in [1.165, 1.54) is 20.0 Å². The number of nitrogens with zero attached hydrogens (tertiary/aromatic N) is 2. The molecule has 0 aliphatic carbocycles. The molecule has 0 radical (unpaired) electrons. The summed E-state index contributed by atoms with van der Waals surface area (Å²) in [5.74, 6) is -1.42. The molecule has 0 fully saturated rings. The lowest BCUT2D eigenvalue weighted by molar-refractivity contribution is 0.0670. The highest BCUT2D eigenvalue weighted by atomic mass is 16.4. The summed E-state index contributed by atoms with van der Waals surface area (Å²) in [4.78, 5) is 18.0. The fourth-order valence-corrected chi connectivity index (χ4v) is 0.851. The van der Waals surface area contributed by atoms with Gasteiger partial charge in [-0.1, -0.05) is 0 Å². The highest BCUT2D eigenvalue weighted by Gasteiger charge is 2.21. The Morgan fingerprint density at radius 1 is 1.57 bits per heavy atom. The van der Waals surface area contributed by atoms with Gasteiger partial charge in [0.15, 0.2) is 11.5 Å². The van der Waals surface area contributed by atoms with Crippen molar-refractivity contribution in [1.82, 2.24) is 9.97 Å². The number of hydrogen-bond donors (Lipinski definition) is 3. The standard InChI is InChI=1S/C8H11N3O3/c1-8(2,14)4-3-10-6(9)5(11-4)7(12)13/h3,14H,1-2H3,(H2,9,10)(H,12,13). The van der Waals surface area contributed by atoms with E-state index in [2.05, 4.69) is 9.97 Å². The summed E-state index contributed by atoms with van der Waals surface area (Å²) in [6.45, 7) is 2.97. The van der Waals surface area contributed by atoms with Gasteiger partial charge in [-0.3, -0.25) is 0 Å². The van der Waals surface area contributed by atoms with Gasteiger partial charge in [-0.15, -0.1) is 0 Å². The van der Waals surface area contributed by atoms with Crippen LogP contribution < -0.4 is 5.73 Å². The smallest absolute Gasteiger partial charge is 0.358 e. The zero-order valence-electron chi connectivity index (χ0n) is 7.85. The molecule has 1 aromatic heterocycles. The first kappa shape index (κ1) is 10.4. The van der Waals surface area contributed by atoms with Gasteiger partial charge in [0.1, 0.15) is 5.60 Å². The van der Waals surface area contributed by atoms with Gasteiger partial charge in [-0.2, -0.15) is 0 Å². The van der Waals surface area contributed by atoms with E-state index >= 15 is 0 Å². The molecule has 0 atom stereocenters. The van der Waals surface area contributed by atoms with Crippen LogP contribution in [0.3, 0.4) is 0 Å². The van der Waals surface area contributed by atoms with Crippen LogP contribution in [0, 0.1) is 0 Å². The third kappa shape index (κ3) is 1.97. The monoisotopic (exact) mass is 197 g/mol. The van der Waals surface area contributed by atoms with E-state index in [0.29, 0.717) is 0 Å². The number of aromatic carboxylic acids is 1. The molecule has 0 aliphatic rings. The van der Waals surface area contributed by atoms with Crippen molar-refractivity contribution in [3.05, 3.63) is 17.6 Å². The molecule has 0 aromatic carbocycles. The molecule has 0 saturated carbocycles. The minimum atomic E-state index is -1.26. The second kappa shape index (κ2) is 3.22. The molecule has 0 unspecified atom stereocenters. The van der Waals surface area contributed by atoms with Gasteiger partial charge in [0.05, 0.1) is 11.9 Å². The second-order valence-electron chi connectivity index (χ2n) is 3.35. The highest BCUT2D eigenvalue weighted by molar-refractivity contribution is 5.90. The van der Waals surface area contributed by atoms with Crippen molar-refractivity contribution >= 4 is 11.8 Å². The number of aromatic nitrogens is 2. The average Bonchev–Trinajstić information content (AvgIpc) is 2.02. The Bertz CT molecular complexity index is 371. The lowest BCUT2D eigenvalue weighted by Gasteiger charge is -2.16. The SMILES string of the molecule is CC(C)(O)c1cnc(N)c(C(=O)O)n1. The van der Waals surface area contributed by atoms with Gasteiger partial charge in [-0.05, 0) is 13.8 Å². The quantitative estimate of drug-likeness (QED) is 0.614. The van der Waals surface area contributed by atoms with Gasteiger partial charge in [0, 0.05) is 0 Å². The van der Waals surface area contributed by atoms with Crippen molar-refractivity contribution in [2.75, 3.05) is 5.73 Å². The molecule has 1 heterocycles. The highest BCUT2D eigenvalue weighted by Crippen LogP contribution is 2.18. The maximum absolute atomic E-state index is 10.6.